The third kappa shape index (κ3) is 2.94. The van der Waals surface area contributed by atoms with Crippen LogP contribution in [-0.2, 0) is 4.74 Å². The van der Waals surface area contributed by atoms with Crippen LogP contribution in [0.4, 0.5) is 10.7 Å². The topological polar surface area (TPSA) is 107 Å². The van der Waals surface area contributed by atoms with Crippen LogP contribution >= 0.6 is 11.3 Å². The molecule has 0 aromatic carbocycles. The normalized spacial score (nSPS) is 15.9. The number of rotatable bonds is 7. The van der Waals surface area contributed by atoms with E-state index in [9.17, 15) is 9.59 Å². The van der Waals surface area contributed by atoms with Crippen LogP contribution in [0.15, 0.2) is 0 Å². The number of carbonyl (C=O) groups is 2. The van der Waals surface area contributed by atoms with Crippen LogP contribution in [0, 0.1) is 5.92 Å². The summed E-state index contributed by atoms with van der Waals surface area (Å²) in [6.45, 7) is 2.38. The minimum absolute atomic E-state index is 0.0139. The van der Waals surface area contributed by atoms with E-state index in [1.54, 1.807) is 7.11 Å². The average Bonchev–Trinajstić information content (AvgIpc) is 3.14. The van der Waals surface area contributed by atoms with Gasteiger partial charge in [-0.3, -0.25) is 9.59 Å². The molecule has 0 radical (unpaired) electrons. The van der Waals surface area contributed by atoms with Crippen molar-refractivity contribution in [1.29, 1.82) is 0 Å². The Balaban J connectivity index is 2.31. The van der Waals surface area contributed by atoms with E-state index in [1.165, 1.54) is 11.3 Å². The molecule has 0 saturated heterocycles. The number of ketones is 1. The zero-order valence-electron chi connectivity index (χ0n) is 11.6. The summed E-state index contributed by atoms with van der Waals surface area (Å²) in [7, 11) is 1.60. The number of Topliss-reactive ketones (excluding diaryl/α,β-unsaturated/α-hetero) is 1. The van der Waals surface area contributed by atoms with Gasteiger partial charge in [-0.05, 0) is 19.8 Å². The molecular weight excluding hydrogens is 278 g/mol. The number of thiophene rings is 1. The van der Waals surface area contributed by atoms with Crippen LogP contribution in [0.2, 0.25) is 0 Å². The van der Waals surface area contributed by atoms with E-state index in [-0.39, 0.29) is 29.0 Å². The largest absolute Gasteiger partial charge is 0.397 e. The highest BCUT2D eigenvalue weighted by Gasteiger charge is 2.35. The highest BCUT2D eigenvalue weighted by molar-refractivity contribution is 7.19. The number of nitrogens with one attached hydrogen (secondary N) is 1. The maximum absolute atomic E-state index is 12.2. The molecule has 6 nitrogen and oxygen atoms in total. The van der Waals surface area contributed by atoms with Crippen molar-refractivity contribution < 1.29 is 14.3 Å². The summed E-state index contributed by atoms with van der Waals surface area (Å²) in [4.78, 5) is 24.2. The lowest BCUT2D eigenvalue weighted by atomic mass is 10.1. The third-order valence-corrected chi connectivity index (χ3v) is 4.31. The SMILES string of the molecule is COCC(C)Nc1sc(C(=O)C2CC2)c(N)c1C(N)=O. The maximum atomic E-state index is 12.2. The minimum atomic E-state index is -0.624. The molecule has 0 aliphatic heterocycles. The highest BCUT2D eigenvalue weighted by Crippen LogP contribution is 2.41. The molecule has 1 amide bonds. The number of primary amides is 1. The van der Waals surface area contributed by atoms with Gasteiger partial charge in [-0.2, -0.15) is 0 Å². The van der Waals surface area contributed by atoms with E-state index >= 15 is 0 Å². The maximum Gasteiger partial charge on any atom is 0.253 e. The van der Waals surface area contributed by atoms with Gasteiger partial charge in [-0.15, -0.1) is 11.3 Å². The van der Waals surface area contributed by atoms with Crippen LogP contribution in [0.3, 0.4) is 0 Å². The molecule has 1 aromatic rings. The van der Waals surface area contributed by atoms with Gasteiger partial charge >= 0.3 is 0 Å². The predicted octanol–water partition coefficient (Wildman–Crippen LogP) is 1.47. The molecule has 1 aromatic heterocycles. The third-order valence-electron chi connectivity index (χ3n) is 3.16. The van der Waals surface area contributed by atoms with E-state index in [4.69, 9.17) is 16.2 Å². The number of hydrogen-bond donors (Lipinski definition) is 3. The Hall–Kier alpha value is -1.60. The van der Waals surface area contributed by atoms with Crippen molar-refractivity contribution >= 4 is 33.7 Å². The molecule has 20 heavy (non-hydrogen) atoms. The number of nitrogen functional groups attached to an aromatic ring is 1. The molecule has 1 aliphatic carbocycles. The van der Waals surface area contributed by atoms with Crippen LogP contribution < -0.4 is 16.8 Å². The molecule has 0 spiro atoms. The summed E-state index contributed by atoms with van der Waals surface area (Å²) >= 11 is 1.20. The van der Waals surface area contributed by atoms with Crippen molar-refractivity contribution in [3.8, 4) is 0 Å². The Morgan fingerprint density at radius 3 is 2.65 bits per heavy atom. The molecule has 7 heteroatoms. The quantitative estimate of drug-likeness (QED) is 0.661. The van der Waals surface area contributed by atoms with Crippen LogP contribution in [0.5, 0.6) is 0 Å². The molecule has 1 aliphatic rings. The number of amides is 1. The van der Waals surface area contributed by atoms with Crippen molar-refractivity contribution in [1.82, 2.24) is 0 Å². The van der Waals surface area contributed by atoms with Gasteiger partial charge in [0.25, 0.3) is 5.91 Å². The zero-order chi connectivity index (χ0) is 14.9. The molecule has 1 heterocycles. The van der Waals surface area contributed by atoms with Gasteiger partial charge in [-0.25, -0.2) is 0 Å². The molecule has 0 bridgehead atoms. The Morgan fingerprint density at radius 1 is 1.50 bits per heavy atom. The summed E-state index contributed by atoms with van der Waals surface area (Å²) in [5.74, 6) is -0.552. The minimum Gasteiger partial charge on any atom is -0.397 e. The number of methoxy groups -OCH3 is 1. The molecule has 1 saturated carbocycles. The van der Waals surface area contributed by atoms with Crippen molar-refractivity contribution in [3.63, 3.8) is 0 Å². The predicted molar refractivity (Wildman–Crippen MR) is 79.3 cm³/mol. The fraction of sp³-hybridized carbons (Fsp3) is 0.538. The lowest BCUT2D eigenvalue weighted by Gasteiger charge is -2.13. The first-order valence-electron chi connectivity index (χ1n) is 6.47. The fourth-order valence-electron chi connectivity index (χ4n) is 2.02. The monoisotopic (exact) mass is 297 g/mol. The van der Waals surface area contributed by atoms with E-state index in [1.807, 2.05) is 6.92 Å². The summed E-state index contributed by atoms with van der Waals surface area (Å²) in [6.07, 6.45) is 1.79. The van der Waals surface area contributed by atoms with Gasteiger partial charge in [0.2, 0.25) is 0 Å². The molecule has 110 valence electrons. The van der Waals surface area contributed by atoms with Gasteiger partial charge in [0.05, 0.1) is 22.7 Å². The van der Waals surface area contributed by atoms with E-state index in [0.717, 1.165) is 12.8 Å². The summed E-state index contributed by atoms with van der Waals surface area (Å²) in [5, 5.41) is 3.67. The number of nitrogens with two attached hydrogens (primary N) is 2. The molecule has 1 atom stereocenters. The van der Waals surface area contributed by atoms with Gasteiger partial charge < -0.3 is 21.5 Å². The highest BCUT2D eigenvalue weighted by atomic mass is 32.1. The number of ether oxygens (including phenoxy) is 1. The summed E-state index contributed by atoms with van der Waals surface area (Å²) in [5.41, 5.74) is 11.7. The first-order chi connectivity index (χ1) is 9.45. The van der Waals surface area contributed by atoms with Gasteiger partial charge in [0.1, 0.15) is 5.00 Å². The summed E-state index contributed by atoms with van der Waals surface area (Å²) < 4.78 is 5.04. The fourth-order valence-corrected chi connectivity index (χ4v) is 3.28. The van der Waals surface area contributed by atoms with Crippen molar-refractivity contribution in [3.05, 3.63) is 10.4 Å². The first kappa shape index (κ1) is 14.8. The average molecular weight is 297 g/mol. The van der Waals surface area contributed by atoms with Gasteiger partial charge in [0.15, 0.2) is 5.78 Å². The van der Waals surface area contributed by atoms with E-state index < -0.39 is 5.91 Å². The second-order valence-electron chi connectivity index (χ2n) is 5.05. The summed E-state index contributed by atoms with van der Waals surface area (Å²) in [6, 6.07) is -0.0139. The number of hydrogen-bond acceptors (Lipinski definition) is 6. The van der Waals surface area contributed by atoms with Crippen LogP contribution in [-0.4, -0.2) is 31.4 Å². The van der Waals surface area contributed by atoms with E-state index in [0.29, 0.717) is 16.5 Å². The number of carbonyl (C=O) groups excluding carboxylic acids is 2. The zero-order valence-corrected chi connectivity index (χ0v) is 12.4. The molecule has 1 unspecified atom stereocenters. The standard InChI is InChI=1S/C13H19N3O3S/c1-6(5-19-2)16-13-8(12(15)18)9(14)11(20-13)10(17)7-3-4-7/h6-7,16H,3-5,14H2,1-2H3,(H2,15,18). The van der Waals surface area contributed by atoms with Gasteiger partial charge in [-0.1, -0.05) is 0 Å². The Bertz CT molecular complexity index is 537. The van der Waals surface area contributed by atoms with E-state index in [2.05, 4.69) is 5.32 Å². The lowest BCUT2D eigenvalue weighted by Crippen LogP contribution is -2.22. The Kier molecular flexibility index (Phi) is 4.29. The van der Waals surface area contributed by atoms with Gasteiger partial charge in [0, 0.05) is 19.1 Å². The van der Waals surface area contributed by atoms with Crippen molar-refractivity contribution in [2.24, 2.45) is 11.7 Å². The van der Waals surface area contributed by atoms with Crippen LogP contribution in [0.1, 0.15) is 39.8 Å². The smallest absolute Gasteiger partial charge is 0.253 e. The number of anilines is 2. The molecular formula is C13H19N3O3S. The second kappa shape index (κ2) is 5.80. The Labute approximate surface area is 121 Å². The Morgan fingerprint density at radius 2 is 2.15 bits per heavy atom. The lowest BCUT2D eigenvalue weighted by molar-refractivity contribution is 0.0972. The van der Waals surface area contributed by atoms with Crippen molar-refractivity contribution in [2.45, 2.75) is 25.8 Å². The molecule has 1 fully saturated rings. The molecule has 5 N–H and O–H groups in total. The molecule has 2 rings (SSSR count). The van der Waals surface area contributed by atoms with Crippen LogP contribution in [0.25, 0.3) is 0 Å². The first-order valence-corrected chi connectivity index (χ1v) is 7.29. The van der Waals surface area contributed by atoms with Crippen molar-refractivity contribution in [2.75, 3.05) is 24.8 Å². The second-order valence-corrected chi connectivity index (χ2v) is 6.07.